The molecule has 5 rings (SSSR count). The van der Waals surface area contributed by atoms with Crippen molar-refractivity contribution >= 4 is 32.5 Å². The standard InChI is InChI=1S/C23H23N5OS/c1-29-20-14-24-8-7-18(20)17-4-5-19-21(13-17)30-23(26-19)27-22-12-16(6-9-25-22)15-28-10-2-3-11-28/h4-9,12-14H,2-3,10-11,15H2,1H3,(H,25,26,27). The lowest BCUT2D eigenvalue weighted by molar-refractivity contribution is 0.331. The molecule has 1 aromatic carbocycles. The topological polar surface area (TPSA) is 63.2 Å². The van der Waals surface area contributed by atoms with Crippen LogP contribution in [-0.2, 0) is 6.54 Å². The molecule has 0 spiro atoms. The molecular formula is C23H23N5OS. The summed E-state index contributed by atoms with van der Waals surface area (Å²) in [5, 5.41) is 4.23. The number of hydrogen-bond donors (Lipinski definition) is 1. The number of benzene rings is 1. The zero-order chi connectivity index (χ0) is 20.3. The van der Waals surface area contributed by atoms with Crippen LogP contribution in [-0.4, -0.2) is 40.1 Å². The number of methoxy groups -OCH3 is 1. The molecule has 30 heavy (non-hydrogen) atoms. The highest BCUT2D eigenvalue weighted by atomic mass is 32.1. The summed E-state index contributed by atoms with van der Waals surface area (Å²) in [6, 6.07) is 12.4. The maximum Gasteiger partial charge on any atom is 0.189 e. The normalized spacial score (nSPS) is 14.3. The molecule has 0 saturated carbocycles. The van der Waals surface area contributed by atoms with E-state index in [0.717, 1.165) is 44.6 Å². The summed E-state index contributed by atoms with van der Waals surface area (Å²) in [6.45, 7) is 3.36. The van der Waals surface area contributed by atoms with E-state index in [2.05, 4.69) is 44.5 Å². The van der Waals surface area contributed by atoms with E-state index in [1.807, 2.05) is 18.3 Å². The van der Waals surface area contributed by atoms with Crippen molar-refractivity contribution in [2.45, 2.75) is 19.4 Å². The first kappa shape index (κ1) is 19.0. The van der Waals surface area contributed by atoms with Gasteiger partial charge in [0.1, 0.15) is 11.6 Å². The Kier molecular flexibility index (Phi) is 5.29. The molecule has 0 amide bonds. The Morgan fingerprint density at radius 3 is 2.87 bits per heavy atom. The van der Waals surface area contributed by atoms with Crippen LogP contribution >= 0.6 is 11.3 Å². The van der Waals surface area contributed by atoms with Crippen molar-refractivity contribution < 1.29 is 4.74 Å². The molecule has 0 bridgehead atoms. The van der Waals surface area contributed by atoms with Gasteiger partial charge in [-0.3, -0.25) is 9.88 Å². The Morgan fingerprint density at radius 2 is 2.00 bits per heavy atom. The molecule has 1 aliphatic rings. The van der Waals surface area contributed by atoms with Crippen LogP contribution in [0.25, 0.3) is 21.3 Å². The molecule has 1 N–H and O–H groups in total. The van der Waals surface area contributed by atoms with Crippen LogP contribution in [0.1, 0.15) is 18.4 Å². The minimum atomic E-state index is 0.763. The molecule has 152 valence electrons. The molecule has 3 aromatic heterocycles. The third kappa shape index (κ3) is 3.99. The fourth-order valence-electron chi connectivity index (χ4n) is 3.88. The van der Waals surface area contributed by atoms with Crippen molar-refractivity contribution in [3.63, 3.8) is 0 Å². The number of hydrogen-bond acceptors (Lipinski definition) is 7. The summed E-state index contributed by atoms with van der Waals surface area (Å²) >= 11 is 1.62. The first-order valence-corrected chi connectivity index (χ1v) is 10.9. The van der Waals surface area contributed by atoms with Crippen LogP contribution in [0.4, 0.5) is 10.9 Å². The van der Waals surface area contributed by atoms with Gasteiger partial charge in [0.2, 0.25) is 0 Å². The van der Waals surface area contributed by atoms with E-state index in [9.17, 15) is 0 Å². The first-order chi connectivity index (χ1) is 14.8. The summed E-state index contributed by atoms with van der Waals surface area (Å²) in [5.74, 6) is 1.60. The van der Waals surface area contributed by atoms with Gasteiger partial charge in [0.05, 0.1) is 23.5 Å². The SMILES string of the molecule is COc1cnccc1-c1ccc2nc(Nc3cc(CN4CCCC4)ccn3)sc2c1. The van der Waals surface area contributed by atoms with E-state index in [4.69, 9.17) is 9.72 Å². The molecule has 1 fully saturated rings. The van der Waals surface area contributed by atoms with Crippen molar-refractivity contribution in [1.82, 2.24) is 19.9 Å². The lowest BCUT2D eigenvalue weighted by atomic mass is 10.1. The molecule has 6 nitrogen and oxygen atoms in total. The number of anilines is 2. The maximum atomic E-state index is 5.46. The average Bonchev–Trinajstić information content (AvgIpc) is 3.42. The Hall–Kier alpha value is -3.03. The summed E-state index contributed by atoms with van der Waals surface area (Å²) < 4.78 is 6.57. The Morgan fingerprint density at radius 1 is 1.10 bits per heavy atom. The predicted octanol–water partition coefficient (Wildman–Crippen LogP) is 5.10. The van der Waals surface area contributed by atoms with E-state index >= 15 is 0 Å². The Balaban J connectivity index is 1.38. The highest BCUT2D eigenvalue weighted by Crippen LogP contribution is 2.34. The largest absolute Gasteiger partial charge is 0.494 e. The lowest BCUT2D eigenvalue weighted by Gasteiger charge is -2.14. The van der Waals surface area contributed by atoms with E-state index in [0.29, 0.717) is 0 Å². The Bertz CT molecular complexity index is 1170. The van der Waals surface area contributed by atoms with Crippen LogP contribution in [0.3, 0.4) is 0 Å². The van der Waals surface area contributed by atoms with Gasteiger partial charge in [-0.2, -0.15) is 0 Å². The lowest BCUT2D eigenvalue weighted by Crippen LogP contribution is -2.18. The fourth-order valence-corrected chi connectivity index (χ4v) is 4.79. The van der Waals surface area contributed by atoms with Gasteiger partial charge < -0.3 is 10.1 Å². The second-order valence-corrected chi connectivity index (χ2v) is 8.47. The number of ether oxygens (including phenoxy) is 1. The maximum absolute atomic E-state index is 5.46. The van der Waals surface area contributed by atoms with Gasteiger partial charge in [-0.1, -0.05) is 17.4 Å². The molecule has 0 unspecified atom stereocenters. The number of fused-ring (bicyclic) bond motifs is 1. The summed E-state index contributed by atoms with van der Waals surface area (Å²) in [7, 11) is 1.67. The second kappa shape index (κ2) is 8.38. The van der Waals surface area contributed by atoms with Gasteiger partial charge in [-0.25, -0.2) is 9.97 Å². The zero-order valence-corrected chi connectivity index (χ0v) is 17.7. The number of nitrogens with zero attached hydrogens (tertiary/aromatic N) is 4. The number of rotatable bonds is 6. The summed E-state index contributed by atoms with van der Waals surface area (Å²) in [4.78, 5) is 15.8. The van der Waals surface area contributed by atoms with Crippen LogP contribution in [0, 0.1) is 0 Å². The van der Waals surface area contributed by atoms with Gasteiger partial charge in [-0.15, -0.1) is 0 Å². The van der Waals surface area contributed by atoms with Crippen LogP contribution < -0.4 is 10.1 Å². The number of pyridine rings is 2. The molecule has 0 aliphatic carbocycles. The molecule has 0 radical (unpaired) electrons. The predicted molar refractivity (Wildman–Crippen MR) is 121 cm³/mol. The molecule has 0 atom stereocenters. The number of likely N-dealkylation sites (tertiary alicyclic amines) is 1. The number of nitrogens with one attached hydrogen (secondary N) is 1. The second-order valence-electron chi connectivity index (χ2n) is 7.44. The average molecular weight is 418 g/mol. The van der Waals surface area contributed by atoms with Gasteiger partial charge in [0.15, 0.2) is 5.13 Å². The fraction of sp³-hybridized carbons (Fsp3) is 0.261. The summed E-state index contributed by atoms with van der Waals surface area (Å²) in [6.07, 6.45) is 7.99. The van der Waals surface area contributed by atoms with Crippen LogP contribution in [0.5, 0.6) is 5.75 Å². The molecule has 1 aliphatic heterocycles. The van der Waals surface area contributed by atoms with Gasteiger partial charge in [0, 0.05) is 24.5 Å². The first-order valence-electron chi connectivity index (χ1n) is 10.1. The molecular weight excluding hydrogens is 394 g/mol. The van der Waals surface area contributed by atoms with Gasteiger partial charge >= 0.3 is 0 Å². The minimum Gasteiger partial charge on any atom is -0.494 e. The van der Waals surface area contributed by atoms with Gasteiger partial charge in [-0.05, 0) is 67.4 Å². The smallest absolute Gasteiger partial charge is 0.189 e. The third-order valence-corrected chi connectivity index (χ3v) is 6.30. The van der Waals surface area contributed by atoms with E-state index in [1.54, 1.807) is 30.8 Å². The minimum absolute atomic E-state index is 0.763. The highest BCUT2D eigenvalue weighted by Gasteiger charge is 2.13. The third-order valence-electron chi connectivity index (χ3n) is 5.37. The number of thiazole rings is 1. The van der Waals surface area contributed by atoms with Crippen LogP contribution in [0.2, 0.25) is 0 Å². The quantitative estimate of drug-likeness (QED) is 0.471. The molecule has 7 heteroatoms. The van der Waals surface area contributed by atoms with E-state index in [-0.39, 0.29) is 0 Å². The van der Waals surface area contributed by atoms with Crippen molar-refractivity contribution in [3.8, 4) is 16.9 Å². The van der Waals surface area contributed by atoms with Crippen molar-refractivity contribution in [2.24, 2.45) is 0 Å². The number of aromatic nitrogens is 3. The molecule has 4 heterocycles. The van der Waals surface area contributed by atoms with Crippen molar-refractivity contribution in [2.75, 3.05) is 25.5 Å². The van der Waals surface area contributed by atoms with Crippen LogP contribution in [0.15, 0.2) is 55.0 Å². The van der Waals surface area contributed by atoms with Crippen molar-refractivity contribution in [1.29, 1.82) is 0 Å². The molecule has 1 saturated heterocycles. The summed E-state index contributed by atoms with van der Waals surface area (Å²) in [5.41, 5.74) is 4.35. The van der Waals surface area contributed by atoms with Crippen molar-refractivity contribution in [3.05, 3.63) is 60.6 Å². The molecule has 4 aromatic rings. The van der Waals surface area contributed by atoms with E-state index < -0.39 is 0 Å². The zero-order valence-electron chi connectivity index (χ0n) is 16.8. The van der Waals surface area contributed by atoms with E-state index in [1.165, 1.54) is 31.5 Å². The highest BCUT2D eigenvalue weighted by molar-refractivity contribution is 7.22. The Labute approximate surface area is 179 Å². The van der Waals surface area contributed by atoms with Gasteiger partial charge in [0.25, 0.3) is 0 Å². The monoisotopic (exact) mass is 417 g/mol.